The van der Waals surface area contributed by atoms with E-state index in [-0.39, 0.29) is 11.9 Å². The molecule has 0 aromatic heterocycles. The molecule has 0 saturated heterocycles. The third kappa shape index (κ3) is 5.44. The van der Waals surface area contributed by atoms with Gasteiger partial charge < -0.3 is 15.2 Å². The Morgan fingerprint density at radius 1 is 1.03 bits per heavy atom. The number of hydrogen-bond donors (Lipinski definition) is 2. The fourth-order valence-corrected chi connectivity index (χ4v) is 5.76. The van der Waals surface area contributed by atoms with Crippen LogP contribution in [-0.4, -0.2) is 35.2 Å². The molecule has 1 fully saturated rings. The van der Waals surface area contributed by atoms with Crippen molar-refractivity contribution >= 4 is 29.3 Å². The highest BCUT2D eigenvalue weighted by Crippen LogP contribution is 2.39. The summed E-state index contributed by atoms with van der Waals surface area (Å²) < 4.78 is 5.98. The van der Waals surface area contributed by atoms with Gasteiger partial charge in [0.2, 0.25) is 0 Å². The molecule has 7 heteroatoms. The second kappa shape index (κ2) is 10.8. The minimum absolute atomic E-state index is 0.190. The van der Waals surface area contributed by atoms with Crippen LogP contribution in [0.4, 0.5) is 10.5 Å². The number of halogens is 1. The highest BCUT2D eigenvalue weighted by Gasteiger charge is 2.30. The summed E-state index contributed by atoms with van der Waals surface area (Å²) in [5.41, 5.74) is 3.95. The van der Waals surface area contributed by atoms with Gasteiger partial charge in [-0.1, -0.05) is 54.1 Å². The number of hydrogen-bond acceptors (Lipinski definition) is 3. The van der Waals surface area contributed by atoms with Crippen LogP contribution in [0.15, 0.2) is 72.1 Å². The van der Waals surface area contributed by atoms with Crippen molar-refractivity contribution in [3.05, 3.63) is 88.3 Å². The lowest BCUT2D eigenvalue weighted by atomic mass is 9.77. The fraction of sp³-hybridized carbons (Fsp3) is 0.379. The number of nitrogens with zero attached hydrogens (tertiary/aromatic N) is 1. The van der Waals surface area contributed by atoms with Crippen LogP contribution in [0, 0.1) is 5.92 Å². The largest absolute Gasteiger partial charge is 0.494 e. The van der Waals surface area contributed by atoms with E-state index in [1.807, 2.05) is 18.2 Å². The minimum Gasteiger partial charge on any atom is -0.494 e. The number of nitrogens with one attached hydrogen (secondary N) is 1. The number of amides is 2. The zero-order valence-corrected chi connectivity index (χ0v) is 20.9. The topological polar surface area (TPSA) is 78.9 Å². The van der Waals surface area contributed by atoms with Crippen LogP contribution in [0.25, 0.3) is 0 Å². The maximum absolute atomic E-state index is 13.0. The summed E-state index contributed by atoms with van der Waals surface area (Å²) in [4.78, 5) is 25.7. The number of carboxylic acid groups (broad SMARTS) is 1. The Balaban J connectivity index is 1.22. The molecule has 2 aliphatic carbocycles. The van der Waals surface area contributed by atoms with Gasteiger partial charge in [-0.15, -0.1) is 0 Å². The van der Waals surface area contributed by atoms with E-state index >= 15 is 0 Å². The zero-order valence-electron chi connectivity index (χ0n) is 20.2. The van der Waals surface area contributed by atoms with Gasteiger partial charge in [-0.2, -0.15) is 0 Å². The van der Waals surface area contributed by atoms with Crippen molar-refractivity contribution in [1.82, 2.24) is 4.90 Å². The van der Waals surface area contributed by atoms with Crippen LogP contribution in [0.3, 0.4) is 0 Å². The SMILES string of the molecule is O=C(O)CC1CCC(c2ccc(C3C=CC4=C(C3)OCCN4C(=O)Nc3ccccc3Cl)cc2)CC1. The Labute approximate surface area is 216 Å². The first-order valence-corrected chi connectivity index (χ1v) is 13.0. The Kier molecular flexibility index (Phi) is 7.33. The van der Waals surface area contributed by atoms with E-state index in [1.54, 1.807) is 17.0 Å². The van der Waals surface area contributed by atoms with E-state index in [4.69, 9.17) is 21.4 Å². The molecule has 188 valence electrons. The highest BCUT2D eigenvalue weighted by atomic mass is 35.5. The number of allylic oxidation sites excluding steroid dienone is 3. The summed E-state index contributed by atoms with van der Waals surface area (Å²) in [6, 6.07) is 15.8. The molecular formula is C29H31ClN2O4. The molecule has 0 radical (unpaired) electrons. The van der Waals surface area contributed by atoms with Gasteiger partial charge in [0.1, 0.15) is 12.4 Å². The maximum Gasteiger partial charge on any atom is 0.326 e. The first-order valence-electron chi connectivity index (χ1n) is 12.7. The number of carbonyl (C=O) groups excluding carboxylic acids is 1. The summed E-state index contributed by atoms with van der Waals surface area (Å²) in [6.45, 7) is 0.937. The third-order valence-electron chi connectivity index (χ3n) is 7.57. The van der Waals surface area contributed by atoms with Gasteiger partial charge in [-0.05, 0) is 66.9 Å². The lowest BCUT2D eigenvalue weighted by Crippen LogP contribution is -2.40. The molecule has 2 aromatic carbocycles. The number of rotatable bonds is 5. The smallest absolute Gasteiger partial charge is 0.326 e. The molecule has 6 nitrogen and oxygen atoms in total. The number of carboxylic acids is 1. The van der Waals surface area contributed by atoms with Gasteiger partial charge in [0.15, 0.2) is 0 Å². The molecule has 2 N–H and O–H groups in total. The Bertz CT molecular complexity index is 1180. The number of urea groups is 1. The number of para-hydroxylation sites is 1. The third-order valence-corrected chi connectivity index (χ3v) is 7.90. The molecule has 0 spiro atoms. The second-order valence-electron chi connectivity index (χ2n) is 9.87. The summed E-state index contributed by atoms with van der Waals surface area (Å²) in [5, 5.41) is 12.5. The van der Waals surface area contributed by atoms with Crippen LogP contribution in [0.5, 0.6) is 0 Å². The molecule has 2 amide bonds. The van der Waals surface area contributed by atoms with Gasteiger partial charge in [0.25, 0.3) is 0 Å². The van der Waals surface area contributed by atoms with Gasteiger partial charge in [0, 0.05) is 18.8 Å². The minimum atomic E-state index is -0.687. The monoisotopic (exact) mass is 506 g/mol. The van der Waals surface area contributed by atoms with Crippen molar-refractivity contribution in [2.45, 2.75) is 50.4 Å². The Morgan fingerprint density at radius 3 is 2.47 bits per heavy atom. The molecule has 1 saturated carbocycles. The number of carbonyl (C=O) groups is 2. The van der Waals surface area contributed by atoms with Crippen molar-refractivity contribution in [1.29, 1.82) is 0 Å². The molecule has 2 aromatic rings. The van der Waals surface area contributed by atoms with E-state index < -0.39 is 5.97 Å². The average molecular weight is 507 g/mol. The van der Waals surface area contributed by atoms with Crippen molar-refractivity contribution in [2.24, 2.45) is 5.92 Å². The van der Waals surface area contributed by atoms with Crippen molar-refractivity contribution in [3.63, 3.8) is 0 Å². The van der Waals surface area contributed by atoms with E-state index in [9.17, 15) is 9.59 Å². The lowest BCUT2D eigenvalue weighted by Gasteiger charge is -2.34. The van der Waals surface area contributed by atoms with Crippen LogP contribution in [0.1, 0.15) is 61.5 Å². The molecule has 1 unspecified atom stereocenters. The van der Waals surface area contributed by atoms with Crippen LogP contribution in [0.2, 0.25) is 5.02 Å². The number of ether oxygens (including phenoxy) is 1. The van der Waals surface area contributed by atoms with Crippen LogP contribution < -0.4 is 5.32 Å². The molecule has 1 heterocycles. The van der Waals surface area contributed by atoms with Gasteiger partial charge >= 0.3 is 12.0 Å². The van der Waals surface area contributed by atoms with Crippen molar-refractivity contribution < 1.29 is 19.4 Å². The summed E-state index contributed by atoms with van der Waals surface area (Å²) >= 11 is 6.21. The number of benzene rings is 2. The molecule has 5 rings (SSSR count). The normalized spacial score (nSPS) is 23.6. The van der Waals surface area contributed by atoms with Gasteiger partial charge in [0.05, 0.1) is 23.0 Å². The summed E-state index contributed by atoms with van der Waals surface area (Å²) in [5.74, 6) is 1.16. The van der Waals surface area contributed by atoms with Crippen molar-refractivity contribution in [2.75, 3.05) is 18.5 Å². The van der Waals surface area contributed by atoms with Crippen molar-refractivity contribution in [3.8, 4) is 0 Å². The van der Waals surface area contributed by atoms with E-state index in [0.29, 0.717) is 48.5 Å². The fourth-order valence-electron chi connectivity index (χ4n) is 5.57. The van der Waals surface area contributed by atoms with E-state index in [2.05, 4.69) is 35.7 Å². The number of aliphatic carboxylic acids is 1. The predicted molar refractivity (Wildman–Crippen MR) is 140 cm³/mol. The quantitative estimate of drug-likeness (QED) is 0.462. The average Bonchev–Trinajstić information content (AvgIpc) is 2.89. The van der Waals surface area contributed by atoms with Crippen LogP contribution >= 0.6 is 11.6 Å². The maximum atomic E-state index is 13.0. The zero-order chi connectivity index (χ0) is 25.1. The molecule has 1 atom stereocenters. The van der Waals surface area contributed by atoms with E-state index in [0.717, 1.165) is 37.1 Å². The highest BCUT2D eigenvalue weighted by molar-refractivity contribution is 6.33. The summed E-state index contributed by atoms with van der Waals surface area (Å²) in [6.07, 6.45) is 9.22. The predicted octanol–water partition coefficient (Wildman–Crippen LogP) is 6.91. The molecular weight excluding hydrogens is 476 g/mol. The van der Waals surface area contributed by atoms with Crippen LogP contribution in [-0.2, 0) is 9.53 Å². The standard InChI is InChI=1S/C29H31ClN2O4/c30-24-3-1-2-4-25(24)31-29(35)32-15-16-36-27-18-23(13-14-26(27)32)22-11-9-21(10-12-22)20-7-5-19(6-8-20)17-28(33)34/h1-4,9-14,19-20,23H,5-8,15-18H2,(H,31,35)(H,33,34). The summed E-state index contributed by atoms with van der Waals surface area (Å²) in [7, 11) is 0. The van der Waals surface area contributed by atoms with E-state index in [1.165, 1.54) is 11.1 Å². The first-order chi connectivity index (χ1) is 17.5. The van der Waals surface area contributed by atoms with Gasteiger partial charge in [-0.3, -0.25) is 9.69 Å². The molecule has 3 aliphatic rings. The first kappa shape index (κ1) is 24.4. The Hall–Kier alpha value is -3.25. The molecule has 1 aliphatic heterocycles. The lowest BCUT2D eigenvalue weighted by molar-refractivity contribution is -0.138. The number of anilines is 1. The Morgan fingerprint density at radius 2 is 1.75 bits per heavy atom. The second-order valence-corrected chi connectivity index (χ2v) is 10.3. The molecule has 36 heavy (non-hydrogen) atoms. The molecule has 0 bridgehead atoms. The van der Waals surface area contributed by atoms with Gasteiger partial charge in [-0.25, -0.2) is 4.79 Å².